The van der Waals surface area contributed by atoms with Gasteiger partial charge in [-0.1, -0.05) is 35.3 Å². The van der Waals surface area contributed by atoms with E-state index in [0.29, 0.717) is 45.2 Å². The van der Waals surface area contributed by atoms with Crippen LogP contribution >= 0.6 is 23.2 Å². The maximum Gasteiger partial charge on any atom is 0.143 e. The molecule has 0 bridgehead atoms. The summed E-state index contributed by atoms with van der Waals surface area (Å²) < 4.78 is 11.1. The van der Waals surface area contributed by atoms with Crippen molar-refractivity contribution in [2.24, 2.45) is 0 Å². The second kappa shape index (κ2) is 8.65. The number of halogens is 2. The van der Waals surface area contributed by atoms with Crippen molar-refractivity contribution in [1.29, 1.82) is 0 Å². The van der Waals surface area contributed by atoms with Gasteiger partial charge < -0.3 is 20.5 Å². The molecule has 0 aliphatic rings. The number of nitrogens with zero attached hydrogens (tertiary/aromatic N) is 2. The molecule has 4 aromatic rings. The van der Waals surface area contributed by atoms with Crippen LogP contribution in [0.1, 0.15) is 5.56 Å². The largest absolute Gasteiger partial charge is 0.495 e. The Balaban J connectivity index is 1.54. The summed E-state index contributed by atoms with van der Waals surface area (Å²) in [5, 5.41) is 5.17. The van der Waals surface area contributed by atoms with Gasteiger partial charge in [-0.15, -0.1) is 0 Å². The molecule has 3 N–H and O–H groups in total. The second-order valence-electron chi connectivity index (χ2n) is 6.52. The average Bonchev–Trinajstić information content (AvgIpc) is 2.73. The van der Waals surface area contributed by atoms with Crippen LogP contribution in [0.4, 0.5) is 17.2 Å². The van der Waals surface area contributed by atoms with E-state index < -0.39 is 0 Å². The summed E-state index contributed by atoms with van der Waals surface area (Å²) in [5.41, 5.74) is 8.97. The van der Waals surface area contributed by atoms with Crippen LogP contribution in [-0.4, -0.2) is 17.1 Å². The highest BCUT2D eigenvalue weighted by Crippen LogP contribution is 2.33. The van der Waals surface area contributed by atoms with E-state index in [2.05, 4.69) is 15.3 Å². The Kier molecular flexibility index (Phi) is 5.79. The Morgan fingerprint density at radius 3 is 2.63 bits per heavy atom. The number of rotatable bonds is 6. The molecule has 6 nitrogen and oxygen atoms in total. The molecule has 0 saturated carbocycles. The van der Waals surface area contributed by atoms with E-state index in [-0.39, 0.29) is 0 Å². The molecule has 0 aliphatic carbocycles. The van der Waals surface area contributed by atoms with Crippen LogP contribution in [0.3, 0.4) is 0 Å². The molecule has 0 amide bonds. The molecule has 3 aromatic carbocycles. The van der Waals surface area contributed by atoms with Crippen LogP contribution in [0.2, 0.25) is 10.0 Å². The molecule has 152 valence electrons. The lowest BCUT2D eigenvalue weighted by molar-refractivity contribution is 0.306. The number of methoxy groups -OCH3 is 1. The maximum absolute atomic E-state index is 6.42. The fourth-order valence-electron chi connectivity index (χ4n) is 3.00. The lowest BCUT2D eigenvalue weighted by atomic mass is 10.2. The molecule has 0 aliphatic heterocycles. The number of ether oxygens (including phenoxy) is 2. The van der Waals surface area contributed by atoms with Crippen LogP contribution in [0.25, 0.3) is 10.9 Å². The minimum Gasteiger partial charge on any atom is -0.495 e. The molecule has 0 saturated heterocycles. The highest BCUT2D eigenvalue weighted by atomic mass is 35.5. The van der Waals surface area contributed by atoms with E-state index in [0.717, 1.165) is 16.6 Å². The zero-order valence-electron chi connectivity index (χ0n) is 16.0. The van der Waals surface area contributed by atoms with Crippen LogP contribution in [-0.2, 0) is 6.61 Å². The van der Waals surface area contributed by atoms with Crippen molar-refractivity contribution in [1.82, 2.24) is 9.97 Å². The van der Waals surface area contributed by atoms with E-state index in [1.807, 2.05) is 30.3 Å². The van der Waals surface area contributed by atoms with E-state index in [1.165, 1.54) is 6.33 Å². The van der Waals surface area contributed by atoms with Crippen molar-refractivity contribution in [2.45, 2.75) is 6.61 Å². The fraction of sp³-hybridized carbons (Fsp3) is 0.0909. The standard InChI is InChI=1S/C22H18Cl2N4O2/c1-29-21-10-19-16(9-18(21)25)22(27-12-26-19)28-15-5-6-20(17(24)8-15)30-11-13-3-2-4-14(23)7-13/h2-10,12H,11,25H2,1H3,(H,26,27,28). The zero-order chi connectivity index (χ0) is 21.1. The van der Waals surface area contributed by atoms with Gasteiger partial charge in [-0.3, -0.25) is 0 Å². The number of hydrogen-bond acceptors (Lipinski definition) is 6. The third kappa shape index (κ3) is 4.35. The first-order chi connectivity index (χ1) is 14.5. The predicted molar refractivity (Wildman–Crippen MR) is 121 cm³/mol. The molecule has 8 heteroatoms. The zero-order valence-corrected chi connectivity index (χ0v) is 17.5. The number of fused-ring (bicyclic) bond motifs is 1. The smallest absolute Gasteiger partial charge is 0.143 e. The summed E-state index contributed by atoms with van der Waals surface area (Å²) in [6.45, 7) is 0.366. The summed E-state index contributed by atoms with van der Waals surface area (Å²) in [6.07, 6.45) is 1.48. The minimum atomic E-state index is 0.366. The fourth-order valence-corrected chi connectivity index (χ4v) is 3.45. The van der Waals surface area contributed by atoms with Crippen molar-refractivity contribution < 1.29 is 9.47 Å². The molecule has 1 aromatic heterocycles. The Morgan fingerprint density at radius 1 is 1.00 bits per heavy atom. The number of benzene rings is 3. The van der Waals surface area contributed by atoms with Gasteiger partial charge in [-0.25, -0.2) is 9.97 Å². The van der Waals surface area contributed by atoms with E-state index in [1.54, 1.807) is 31.4 Å². The Bertz CT molecular complexity index is 1220. The Morgan fingerprint density at radius 2 is 1.87 bits per heavy atom. The first kappa shape index (κ1) is 20.1. The number of nitrogens with two attached hydrogens (primary N) is 1. The van der Waals surface area contributed by atoms with Gasteiger partial charge in [-0.05, 0) is 42.0 Å². The van der Waals surface area contributed by atoms with Gasteiger partial charge >= 0.3 is 0 Å². The third-order valence-corrected chi connectivity index (χ3v) is 5.00. The Hall–Kier alpha value is -3.22. The van der Waals surface area contributed by atoms with Gasteiger partial charge in [-0.2, -0.15) is 0 Å². The first-order valence-corrected chi connectivity index (χ1v) is 9.81. The molecular weight excluding hydrogens is 423 g/mol. The number of anilines is 3. The van der Waals surface area contributed by atoms with E-state index in [4.69, 9.17) is 38.4 Å². The predicted octanol–water partition coefficient (Wildman–Crippen LogP) is 5.85. The van der Waals surface area contributed by atoms with Gasteiger partial charge in [0.05, 0.1) is 23.3 Å². The lowest BCUT2D eigenvalue weighted by Gasteiger charge is -2.13. The highest BCUT2D eigenvalue weighted by Gasteiger charge is 2.10. The monoisotopic (exact) mass is 440 g/mol. The molecule has 0 unspecified atom stereocenters. The lowest BCUT2D eigenvalue weighted by Crippen LogP contribution is -1.99. The van der Waals surface area contributed by atoms with Crippen LogP contribution in [0.5, 0.6) is 11.5 Å². The van der Waals surface area contributed by atoms with Gasteiger partial charge in [0.15, 0.2) is 0 Å². The number of nitrogen functional groups attached to an aromatic ring is 1. The van der Waals surface area contributed by atoms with Crippen LogP contribution in [0, 0.1) is 0 Å². The summed E-state index contributed by atoms with van der Waals surface area (Å²) in [4.78, 5) is 8.61. The van der Waals surface area contributed by atoms with E-state index >= 15 is 0 Å². The minimum absolute atomic E-state index is 0.366. The summed E-state index contributed by atoms with van der Waals surface area (Å²) >= 11 is 12.4. The van der Waals surface area contributed by atoms with Gasteiger partial charge in [0.25, 0.3) is 0 Å². The summed E-state index contributed by atoms with van der Waals surface area (Å²) in [6, 6.07) is 16.5. The van der Waals surface area contributed by atoms with Crippen molar-refractivity contribution in [3.63, 3.8) is 0 Å². The molecule has 0 spiro atoms. The topological polar surface area (TPSA) is 82.3 Å². The van der Waals surface area contributed by atoms with Crippen LogP contribution in [0.15, 0.2) is 60.9 Å². The average molecular weight is 441 g/mol. The van der Waals surface area contributed by atoms with Crippen molar-refractivity contribution in [3.05, 3.63) is 76.5 Å². The SMILES string of the molecule is COc1cc2ncnc(Nc3ccc(OCc4cccc(Cl)c4)c(Cl)c3)c2cc1N. The molecule has 30 heavy (non-hydrogen) atoms. The molecule has 4 rings (SSSR count). The first-order valence-electron chi connectivity index (χ1n) is 9.05. The number of nitrogens with one attached hydrogen (secondary N) is 1. The van der Waals surface area contributed by atoms with E-state index in [9.17, 15) is 0 Å². The normalized spacial score (nSPS) is 10.8. The van der Waals surface area contributed by atoms with Gasteiger partial charge in [0, 0.05) is 22.2 Å². The van der Waals surface area contributed by atoms with Crippen molar-refractivity contribution in [2.75, 3.05) is 18.2 Å². The quantitative estimate of drug-likeness (QED) is 0.366. The van der Waals surface area contributed by atoms with Gasteiger partial charge in [0.1, 0.15) is 30.3 Å². The van der Waals surface area contributed by atoms with Crippen molar-refractivity contribution in [3.8, 4) is 11.5 Å². The molecule has 0 radical (unpaired) electrons. The molecule has 0 atom stereocenters. The van der Waals surface area contributed by atoms with Gasteiger partial charge in [0.2, 0.25) is 0 Å². The third-order valence-electron chi connectivity index (χ3n) is 4.46. The van der Waals surface area contributed by atoms with Crippen molar-refractivity contribution >= 4 is 51.3 Å². The highest BCUT2D eigenvalue weighted by molar-refractivity contribution is 6.32. The number of hydrogen-bond donors (Lipinski definition) is 2. The second-order valence-corrected chi connectivity index (χ2v) is 7.37. The summed E-state index contributed by atoms with van der Waals surface area (Å²) in [5.74, 6) is 1.75. The maximum atomic E-state index is 6.42. The van der Waals surface area contributed by atoms with Crippen LogP contribution < -0.4 is 20.5 Å². The molecule has 0 fully saturated rings. The Labute approximate surface area is 183 Å². The summed E-state index contributed by atoms with van der Waals surface area (Å²) in [7, 11) is 1.57. The molecule has 1 heterocycles. The number of aromatic nitrogens is 2. The molecular formula is C22H18Cl2N4O2.